The summed E-state index contributed by atoms with van der Waals surface area (Å²) in [5.74, 6) is 0. The molecule has 0 saturated carbocycles. The molecular weight excluding hydrogens is 284 g/mol. The van der Waals surface area contributed by atoms with Crippen molar-refractivity contribution in [3.05, 3.63) is 42.0 Å². The second kappa shape index (κ2) is 4.56. The highest BCUT2D eigenvalue weighted by atomic mass is 32.2. The topological polar surface area (TPSA) is 88.6 Å². The maximum Gasteiger partial charge on any atom is 0.268 e. The van der Waals surface area contributed by atoms with Crippen LogP contribution >= 0.6 is 11.3 Å². The summed E-state index contributed by atoms with van der Waals surface area (Å²) < 4.78 is 24.3. The zero-order valence-corrected chi connectivity index (χ0v) is 11.1. The van der Waals surface area contributed by atoms with Gasteiger partial charge in [-0.2, -0.15) is 5.10 Å². The van der Waals surface area contributed by atoms with E-state index in [9.17, 15) is 8.42 Å². The molecule has 0 atom stereocenters. The van der Waals surface area contributed by atoms with Gasteiger partial charge in [0.05, 0.1) is 5.69 Å². The first kappa shape index (κ1) is 12.0. The van der Waals surface area contributed by atoms with Gasteiger partial charge in [0.1, 0.15) is 6.33 Å². The number of H-pyrrole nitrogens is 1. The zero-order chi connectivity index (χ0) is 13.3. The van der Waals surface area contributed by atoms with E-state index in [4.69, 9.17) is 0 Å². The van der Waals surface area contributed by atoms with Crippen molar-refractivity contribution in [1.29, 1.82) is 0 Å². The second-order valence-electron chi connectivity index (χ2n) is 3.66. The molecule has 0 fully saturated rings. The van der Waals surface area contributed by atoms with Crippen molar-refractivity contribution < 1.29 is 8.42 Å². The van der Waals surface area contributed by atoms with Gasteiger partial charge in [-0.05, 0) is 0 Å². The second-order valence-corrected chi connectivity index (χ2v) is 6.56. The lowest BCUT2D eigenvalue weighted by Gasteiger charge is -1.95. The van der Waals surface area contributed by atoms with E-state index in [2.05, 4.69) is 20.2 Å². The summed E-state index contributed by atoms with van der Waals surface area (Å²) in [6.45, 7) is 0. The van der Waals surface area contributed by atoms with Crippen molar-refractivity contribution in [2.75, 3.05) is 0 Å². The fraction of sp³-hybridized carbons (Fsp3) is 0. The molecule has 0 amide bonds. The molecule has 0 radical (unpaired) electrons. The van der Waals surface area contributed by atoms with Gasteiger partial charge in [-0.15, -0.1) is 11.3 Å². The van der Waals surface area contributed by atoms with Crippen molar-refractivity contribution in [1.82, 2.24) is 20.2 Å². The van der Waals surface area contributed by atoms with Crippen LogP contribution < -0.4 is 0 Å². The minimum absolute atomic E-state index is 0.00287. The van der Waals surface area contributed by atoms with E-state index in [1.807, 2.05) is 30.3 Å². The molecule has 1 aromatic carbocycles. The van der Waals surface area contributed by atoms with E-state index >= 15 is 0 Å². The standard InChI is InChI=1S/C11H8N4O2S2/c16-19(17,10-12-7-13-15-10)11-14-9(6-18-11)8-4-2-1-3-5-8/h1-7H,(H,12,13,15). The van der Waals surface area contributed by atoms with E-state index in [1.165, 1.54) is 0 Å². The van der Waals surface area contributed by atoms with Crippen LogP contribution in [0.2, 0.25) is 0 Å². The van der Waals surface area contributed by atoms with E-state index in [1.54, 1.807) is 5.38 Å². The van der Waals surface area contributed by atoms with Gasteiger partial charge in [0.25, 0.3) is 9.84 Å². The quantitative estimate of drug-likeness (QED) is 0.794. The first-order chi connectivity index (χ1) is 9.18. The van der Waals surface area contributed by atoms with Crippen LogP contribution in [0, 0.1) is 0 Å². The van der Waals surface area contributed by atoms with Gasteiger partial charge < -0.3 is 0 Å². The number of nitrogens with zero attached hydrogens (tertiary/aromatic N) is 3. The van der Waals surface area contributed by atoms with E-state index in [0.717, 1.165) is 23.2 Å². The summed E-state index contributed by atoms with van der Waals surface area (Å²) >= 11 is 1.06. The molecule has 0 unspecified atom stereocenters. The molecule has 0 saturated heterocycles. The van der Waals surface area contributed by atoms with Crippen molar-refractivity contribution in [3.63, 3.8) is 0 Å². The minimum atomic E-state index is -3.70. The average molecular weight is 292 g/mol. The molecule has 2 aromatic heterocycles. The highest BCUT2D eigenvalue weighted by Crippen LogP contribution is 2.26. The number of thiazole rings is 1. The predicted octanol–water partition coefficient (Wildman–Crippen LogP) is 1.76. The summed E-state index contributed by atoms with van der Waals surface area (Å²) in [6, 6.07) is 9.39. The van der Waals surface area contributed by atoms with Crippen molar-refractivity contribution in [3.8, 4) is 11.3 Å². The minimum Gasteiger partial charge on any atom is -0.250 e. The third-order valence-corrected chi connectivity index (χ3v) is 5.27. The molecule has 3 rings (SSSR count). The van der Waals surface area contributed by atoms with Gasteiger partial charge in [-0.3, -0.25) is 0 Å². The first-order valence-electron chi connectivity index (χ1n) is 5.29. The van der Waals surface area contributed by atoms with Gasteiger partial charge in [-0.1, -0.05) is 30.3 Å². The van der Waals surface area contributed by atoms with Crippen molar-refractivity contribution in [2.45, 2.75) is 9.50 Å². The smallest absolute Gasteiger partial charge is 0.250 e. The zero-order valence-electron chi connectivity index (χ0n) is 9.52. The number of rotatable bonds is 3. The molecule has 0 aliphatic heterocycles. The van der Waals surface area contributed by atoms with Gasteiger partial charge >= 0.3 is 0 Å². The Morgan fingerprint density at radius 1 is 1.16 bits per heavy atom. The Morgan fingerprint density at radius 2 is 1.95 bits per heavy atom. The number of benzene rings is 1. The van der Waals surface area contributed by atoms with E-state index < -0.39 is 9.84 Å². The third kappa shape index (κ3) is 2.15. The van der Waals surface area contributed by atoms with Gasteiger partial charge in [0.15, 0.2) is 0 Å². The molecule has 3 aromatic rings. The molecule has 19 heavy (non-hydrogen) atoms. The maximum atomic E-state index is 12.2. The summed E-state index contributed by atoms with van der Waals surface area (Å²) in [7, 11) is -3.70. The molecular formula is C11H8N4O2S2. The molecule has 1 N–H and O–H groups in total. The Morgan fingerprint density at radius 3 is 2.63 bits per heavy atom. The number of aromatic amines is 1. The Balaban J connectivity index is 2.03. The Bertz CT molecular complexity index is 779. The number of sulfone groups is 1. The molecule has 0 spiro atoms. The van der Waals surface area contributed by atoms with Gasteiger partial charge in [0.2, 0.25) is 9.50 Å². The molecule has 8 heteroatoms. The summed E-state index contributed by atoms with van der Waals surface area (Å²) in [6.07, 6.45) is 1.15. The van der Waals surface area contributed by atoms with Crippen LogP contribution in [0.5, 0.6) is 0 Å². The molecule has 96 valence electrons. The third-order valence-electron chi connectivity index (χ3n) is 2.43. The molecule has 2 heterocycles. The lowest BCUT2D eigenvalue weighted by molar-refractivity contribution is 0.587. The fourth-order valence-corrected chi connectivity index (χ4v) is 3.71. The van der Waals surface area contributed by atoms with Crippen LogP contribution in [0.3, 0.4) is 0 Å². The van der Waals surface area contributed by atoms with Crippen LogP contribution in [0.15, 0.2) is 51.5 Å². The Hall–Kier alpha value is -2.06. The Kier molecular flexibility index (Phi) is 2.88. The fourth-order valence-electron chi connectivity index (χ4n) is 1.53. The van der Waals surface area contributed by atoms with Crippen LogP contribution in [0.25, 0.3) is 11.3 Å². The SMILES string of the molecule is O=S(=O)(c1ncn[nH]1)c1nc(-c2ccccc2)cs1. The summed E-state index contributed by atoms with van der Waals surface area (Å²) in [4.78, 5) is 7.81. The summed E-state index contributed by atoms with van der Waals surface area (Å²) in [5.41, 5.74) is 1.50. The molecule has 0 bridgehead atoms. The van der Waals surface area contributed by atoms with Gasteiger partial charge in [-0.25, -0.2) is 23.5 Å². The highest BCUT2D eigenvalue weighted by Gasteiger charge is 2.24. The van der Waals surface area contributed by atoms with Crippen molar-refractivity contribution >= 4 is 21.2 Å². The Labute approximate surface area is 113 Å². The van der Waals surface area contributed by atoms with Crippen LogP contribution in [0.4, 0.5) is 0 Å². The molecule has 6 nitrogen and oxygen atoms in total. The molecule has 0 aliphatic rings. The number of nitrogens with one attached hydrogen (secondary N) is 1. The number of hydrogen-bond donors (Lipinski definition) is 1. The predicted molar refractivity (Wildman–Crippen MR) is 69.4 cm³/mol. The number of hydrogen-bond acceptors (Lipinski definition) is 6. The largest absolute Gasteiger partial charge is 0.268 e. The average Bonchev–Trinajstić information content (AvgIpc) is 3.12. The summed E-state index contributed by atoms with van der Waals surface area (Å²) in [5, 5.41) is 7.40. The maximum absolute atomic E-state index is 12.2. The van der Waals surface area contributed by atoms with Crippen molar-refractivity contribution in [2.24, 2.45) is 0 Å². The van der Waals surface area contributed by atoms with Crippen LogP contribution in [-0.2, 0) is 9.84 Å². The van der Waals surface area contributed by atoms with E-state index in [-0.39, 0.29) is 9.50 Å². The lowest BCUT2D eigenvalue weighted by atomic mass is 10.2. The first-order valence-corrected chi connectivity index (χ1v) is 7.65. The molecule has 0 aliphatic carbocycles. The van der Waals surface area contributed by atoms with Crippen LogP contribution in [-0.4, -0.2) is 28.6 Å². The normalized spacial score (nSPS) is 11.6. The lowest BCUT2D eigenvalue weighted by Crippen LogP contribution is -2.03. The van der Waals surface area contributed by atoms with Gasteiger partial charge in [0, 0.05) is 10.9 Å². The number of aromatic nitrogens is 4. The van der Waals surface area contributed by atoms with E-state index in [0.29, 0.717) is 5.69 Å². The highest BCUT2D eigenvalue weighted by molar-refractivity contribution is 7.93. The monoisotopic (exact) mass is 292 g/mol. The van der Waals surface area contributed by atoms with Crippen LogP contribution in [0.1, 0.15) is 0 Å².